The number of carbonyl (C=O) groups excluding carboxylic acids is 1. The monoisotopic (exact) mass is 526 g/mol. The summed E-state index contributed by atoms with van der Waals surface area (Å²) in [6.07, 6.45) is 7.88. The number of fused-ring (bicyclic) bond motifs is 2. The number of hydrogen-bond donors (Lipinski definition) is 0. The minimum absolute atomic E-state index is 0.00160. The fraction of sp³-hybridized carbons (Fsp3) is 0.457. The van der Waals surface area contributed by atoms with Crippen LogP contribution < -0.4 is 9.47 Å². The Morgan fingerprint density at radius 1 is 0.974 bits per heavy atom. The third-order valence-corrected chi connectivity index (χ3v) is 10.2. The zero-order valence-electron chi connectivity index (χ0n) is 23.6. The van der Waals surface area contributed by atoms with Gasteiger partial charge < -0.3 is 14.3 Å². The van der Waals surface area contributed by atoms with Gasteiger partial charge in [0.25, 0.3) is 0 Å². The Kier molecular flexibility index (Phi) is 6.56. The van der Waals surface area contributed by atoms with Gasteiger partial charge in [-0.3, -0.25) is 0 Å². The van der Waals surface area contributed by atoms with E-state index >= 15 is 4.39 Å². The maximum Gasteiger partial charge on any atom is 0.131 e. The summed E-state index contributed by atoms with van der Waals surface area (Å²) < 4.78 is 26.9. The summed E-state index contributed by atoms with van der Waals surface area (Å²) in [5.74, 6) is 2.13. The van der Waals surface area contributed by atoms with Gasteiger partial charge in [-0.2, -0.15) is 0 Å². The number of benzene rings is 3. The fourth-order valence-electron chi connectivity index (χ4n) is 7.87. The Bertz CT molecular complexity index is 1410. The molecule has 4 heteroatoms. The smallest absolute Gasteiger partial charge is 0.131 e. The average Bonchev–Trinajstić information content (AvgIpc) is 3.31. The minimum atomic E-state index is -0.234. The number of methoxy groups -OCH3 is 1. The van der Waals surface area contributed by atoms with Crippen LogP contribution in [-0.4, -0.2) is 13.4 Å². The molecule has 0 saturated heterocycles. The Morgan fingerprint density at radius 3 is 2.51 bits per heavy atom. The molecule has 4 atom stereocenters. The zero-order valence-corrected chi connectivity index (χ0v) is 23.6. The Balaban J connectivity index is 1.32. The number of ether oxygens (including phenoxy) is 2. The molecule has 6 rings (SSSR count). The van der Waals surface area contributed by atoms with Crippen LogP contribution in [0.1, 0.15) is 81.0 Å². The quantitative estimate of drug-likeness (QED) is 0.290. The molecule has 39 heavy (non-hydrogen) atoms. The molecule has 3 nitrogen and oxygen atoms in total. The first-order chi connectivity index (χ1) is 18.8. The molecule has 0 bridgehead atoms. The van der Waals surface area contributed by atoms with Crippen LogP contribution in [-0.2, 0) is 23.2 Å². The Hall–Kier alpha value is -3.14. The lowest BCUT2D eigenvalue weighted by Crippen LogP contribution is -2.20. The summed E-state index contributed by atoms with van der Waals surface area (Å²) in [5.41, 5.74) is 6.61. The van der Waals surface area contributed by atoms with E-state index in [9.17, 15) is 4.79 Å². The topological polar surface area (TPSA) is 35.5 Å². The van der Waals surface area contributed by atoms with Crippen LogP contribution in [0.2, 0.25) is 0 Å². The molecule has 204 valence electrons. The highest BCUT2D eigenvalue weighted by atomic mass is 19.1. The highest BCUT2D eigenvalue weighted by Crippen LogP contribution is 2.64. The second-order valence-corrected chi connectivity index (χ2v) is 12.7. The molecule has 0 aliphatic heterocycles. The molecule has 1 spiro atoms. The summed E-state index contributed by atoms with van der Waals surface area (Å²) in [5, 5.41) is 0. The van der Waals surface area contributed by atoms with Crippen molar-refractivity contribution in [3.63, 3.8) is 0 Å². The second-order valence-electron chi connectivity index (χ2n) is 12.7. The van der Waals surface area contributed by atoms with Gasteiger partial charge in [-0.05, 0) is 108 Å². The van der Waals surface area contributed by atoms with Gasteiger partial charge in [0.2, 0.25) is 0 Å². The molecule has 2 fully saturated rings. The van der Waals surface area contributed by atoms with E-state index in [4.69, 9.17) is 9.47 Å². The van der Waals surface area contributed by atoms with Crippen molar-refractivity contribution in [2.24, 2.45) is 17.3 Å². The predicted molar refractivity (Wildman–Crippen MR) is 153 cm³/mol. The number of hydrogen-bond acceptors (Lipinski definition) is 3. The van der Waals surface area contributed by atoms with E-state index in [0.717, 1.165) is 55.3 Å². The predicted octanol–water partition coefficient (Wildman–Crippen LogP) is 8.41. The maximum absolute atomic E-state index is 15.1. The van der Waals surface area contributed by atoms with E-state index in [0.29, 0.717) is 29.8 Å². The van der Waals surface area contributed by atoms with Crippen LogP contribution in [0.15, 0.2) is 54.6 Å². The van der Waals surface area contributed by atoms with Gasteiger partial charge >= 0.3 is 0 Å². The number of halogens is 1. The molecule has 0 heterocycles. The van der Waals surface area contributed by atoms with Crippen LogP contribution in [0.25, 0.3) is 11.1 Å². The van der Waals surface area contributed by atoms with Crippen molar-refractivity contribution in [1.29, 1.82) is 0 Å². The van der Waals surface area contributed by atoms with Crippen molar-refractivity contribution in [2.45, 2.75) is 77.2 Å². The van der Waals surface area contributed by atoms with Gasteiger partial charge in [0, 0.05) is 16.9 Å². The average molecular weight is 527 g/mol. The van der Waals surface area contributed by atoms with Crippen molar-refractivity contribution >= 4 is 6.29 Å². The zero-order chi connectivity index (χ0) is 27.4. The molecular weight excluding hydrogens is 487 g/mol. The lowest BCUT2D eigenvalue weighted by Gasteiger charge is -2.30. The standard InChI is InChI=1S/C35H39FO3/c1-22-32(20-37)35(22)16-5-7-24-10-11-26(19-31(24)35)39-21-23-9-13-27(29-18-25(38-4)12-14-33(29)36)28(17-23)30-8-6-15-34(30,2)3/h9-14,17-20,22,30,32H,5-8,15-16,21H2,1-4H3. The molecule has 0 aromatic heterocycles. The summed E-state index contributed by atoms with van der Waals surface area (Å²) >= 11 is 0. The van der Waals surface area contributed by atoms with Gasteiger partial charge in [-0.1, -0.05) is 51.5 Å². The summed E-state index contributed by atoms with van der Waals surface area (Å²) in [7, 11) is 1.62. The van der Waals surface area contributed by atoms with Crippen LogP contribution in [0, 0.1) is 23.1 Å². The van der Waals surface area contributed by atoms with Gasteiger partial charge in [0.15, 0.2) is 0 Å². The minimum Gasteiger partial charge on any atom is -0.497 e. The molecule has 2 saturated carbocycles. The first-order valence-electron chi connectivity index (χ1n) is 14.5. The van der Waals surface area contributed by atoms with Gasteiger partial charge in [-0.15, -0.1) is 0 Å². The normalized spacial score (nSPS) is 26.7. The second kappa shape index (κ2) is 9.80. The molecule has 3 aromatic rings. The number of rotatable bonds is 7. The Morgan fingerprint density at radius 2 is 1.79 bits per heavy atom. The van der Waals surface area contributed by atoms with E-state index in [1.165, 1.54) is 29.2 Å². The number of aldehydes is 1. The third-order valence-electron chi connectivity index (χ3n) is 10.2. The number of carbonyl (C=O) groups is 1. The van der Waals surface area contributed by atoms with E-state index < -0.39 is 0 Å². The van der Waals surface area contributed by atoms with E-state index in [2.05, 4.69) is 57.2 Å². The fourth-order valence-corrected chi connectivity index (χ4v) is 7.87. The Labute approximate surface area is 231 Å². The molecule has 3 aliphatic carbocycles. The van der Waals surface area contributed by atoms with Crippen molar-refractivity contribution in [1.82, 2.24) is 0 Å². The van der Waals surface area contributed by atoms with Crippen molar-refractivity contribution in [3.05, 3.63) is 82.7 Å². The van der Waals surface area contributed by atoms with Crippen LogP contribution in [0.5, 0.6) is 11.5 Å². The van der Waals surface area contributed by atoms with Gasteiger partial charge in [0.05, 0.1) is 7.11 Å². The summed E-state index contributed by atoms with van der Waals surface area (Å²) in [4.78, 5) is 11.8. The maximum atomic E-state index is 15.1. The third kappa shape index (κ3) is 4.37. The lowest BCUT2D eigenvalue weighted by molar-refractivity contribution is -0.109. The first-order valence-corrected chi connectivity index (χ1v) is 14.5. The van der Waals surface area contributed by atoms with Crippen molar-refractivity contribution in [3.8, 4) is 22.6 Å². The molecule has 3 aromatic carbocycles. The lowest BCUT2D eigenvalue weighted by atomic mass is 9.75. The molecule has 4 unspecified atom stereocenters. The van der Waals surface area contributed by atoms with E-state index in [1.54, 1.807) is 19.2 Å². The van der Waals surface area contributed by atoms with E-state index in [1.807, 2.05) is 0 Å². The summed E-state index contributed by atoms with van der Waals surface area (Å²) in [6.45, 7) is 7.31. The first kappa shape index (κ1) is 26.1. The molecule has 3 aliphatic rings. The van der Waals surface area contributed by atoms with Crippen molar-refractivity contribution < 1.29 is 18.7 Å². The van der Waals surface area contributed by atoms with Crippen LogP contribution in [0.4, 0.5) is 4.39 Å². The summed E-state index contributed by atoms with van der Waals surface area (Å²) in [6, 6.07) is 17.8. The SMILES string of the molecule is COc1ccc(F)c(-c2ccc(COc3ccc4c(c3)C3(CCC4)C(C)C3C=O)cc2C2CCCC2(C)C)c1. The van der Waals surface area contributed by atoms with Gasteiger partial charge in [-0.25, -0.2) is 4.39 Å². The van der Waals surface area contributed by atoms with Gasteiger partial charge in [0.1, 0.15) is 30.2 Å². The largest absolute Gasteiger partial charge is 0.497 e. The molecule has 0 N–H and O–H groups in total. The highest BCUT2D eigenvalue weighted by molar-refractivity contribution is 5.71. The molecule has 0 amide bonds. The molecule has 0 radical (unpaired) electrons. The number of aryl methyl sites for hydroxylation is 1. The van der Waals surface area contributed by atoms with Crippen molar-refractivity contribution in [2.75, 3.05) is 7.11 Å². The highest BCUT2D eigenvalue weighted by Gasteiger charge is 2.63. The molecular formula is C35H39FO3. The van der Waals surface area contributed by atoms with E-state index in [-0.39, 0.29) is 22.6 Å². The van der Waals surface area contributed by atoms with Crippen LogP contribution >= 0.6 is 0 Å². The van der Waals surface area contributed by atoms with Crippen LogP contribution in [0.3, 0.4) is 0 Å².